The molecule has 0 aromatic rings. The summed E-state index contributed by atoms with van der Waals surface area (Å²) in [4.78, 5) is 11.6. The van der Waals surface area contributed by atoms with Crippen LogP contribution in [-0.2, 0) is 4.79 Å². The van der Waals surface area contributed by atoms with E-state index in [1.54, 1.807) is 6.92 Å². The van der Waals surface area contributed by atoms with Gasteiger partial charge in [-0.05, 0) is 25.7 Å². The summed E-state index contributed by atoms with van der Waals surface area (Å²) in [7, 11) is 0. The summed E-state index contributed by atoms with van der Waals surface area (Å²) in [5, 5.41) is 14.1. The minimum Gasteiger partial charge on any atom is -0.409 e. The molecule has 3 atom stereocenters. The molecular formula is C10H19N3O2. The Morgan fingerprint density at radius 1 is 1.73 bits per heavy atom. The maximum atomic E-state index is 11.6. The van der Waals surface area contributed by atoms with Gasteiger partial charge in [0.05, 0.1) is 5.92 Å². The Labute approximate surface area is 89.7 Å². The highest BCUT2D eigenvalue weighted by atomic mass is 16.4. The standard InChI is InChI=1S/C10H19N3O2/c1-3-4-7-5-8(7)12-10(14)6(2)9(11)13-15/h6-8,15H,3-5H2,1-2H3,(H2,11,13)(H,12,14). The molecule has 86 valence electrons. The molecule has 0 heterocycles. The van der Waals surface area contributed by atoms with Crippen LogP contribution < -0.4 is 11.1 Å². The van der Waals surface area contributed by atoms with E-state index < -0.39 is 5.92 Å². The molecule has 15 heavy (non-hydrogen) atoms. The van der Waals surface area contributed by atoms with Gasteiger partial charge in [-0.25, -0.2) is 0 Å². The highest BCUT2D eigenvalue weighted by Gasteiger charge is 2.38. The van der Waals surface area contributed by atoms with Crippen molar-refractivity contribution >= 4 is 11.7 Å². The van der Waals surface area contributed by atoms with Crippen LogP contribution in [0.1, 0.15) is 33.1 Å². The number of oxime groups is 1. The summed E-state index contributed by atoms with van der Waals surface area (Å²) in [6.45, 7) is 3.76. The lowest BCUT2D eigenvalue weighted by Gasteiger charge is -2.10. The van der Waals surface area contributed by atoms with E-state index in [0.29, 0.717) is 12.0 Å². The van der Waals surface area contributed by atoms with Crippen molar-refractivity contribution in [2.24, 2.45) is 22.7 Å². The summed E-state index contributed by atoms with van der Waals surface area (Å²) in [5.74, 6) is -0.134. The highest BCUT2D eigenvalue weighted by Crippen LogP contribution is 2.34. The molecule has 1 saturated carbocycles. The predicted molar refractivity (Wildman–Crippen MR) is 57.5 cm³/mol. The maximum Gasteiger partial charge on any atom is 0.230 e. The first-order valence-electron chi connectivity index (χ1n) is 5.37. The first kappa shape index (κ1) is 11.8. The third kappa shape index (κ3) is 3.11. The number of amides is 1. The third-order valence-electron chi connectivity index (χ3n) is 2.86. The Bertz CT molecular complexity index is 265. The molecule has 1 fully saturated rings. The fourth-order valence-corrected chi connectivity index (χ4v) is 1.64. The minimum atomic E-state index is -0.558. The van der Waals surface area contributed by atoms with Gasteiger partial charge in [0.1, 0.15) is 0 Å². The largest absolute Gasteiger partial charge is 0.409 e. The van der Waals surface area contributed by atoms with Crippen LogP contribution in [0.3, 0.4) is 0 Å². The topological polar surface area (TPSA) is 87.7 Å². The van der Waals surface area contributed by atoms with E-state index in [9.17, 15) is 4.79 Å². The van der Waals surface area contributed by atoms with Crippen molar-refractivity contribution < 1.29 is 10.0 Å². The van der Waals surface area contributed by atoms with Crippen LogP contribution in [0.2, 0.25) is 0 Å². The molecule has 1 aliphatic rings. The molecule has 0 bridgehead atoms. The van der Waals surface area contributed by atoms with E-state index >= 15 is 0 Å². The number of nitrogens with zero attached hydrogens (tertiary/aromatic N) is 1. The monoisotopic (exact) mass is 213 g/mol. The zero-order valence-electron chi connectivity index (χ0n) is 9.23. The van der Waals surface area contributed by atoms with Gasteiger partial charge in [-0.3, -0.25) is 4.79 Å². The predicted octanol–water partition coefficient (Wildman–Crippen LogP) is 0.674. The van der Waals surface area contributed by atoms with E-state index in [2.05, 4.69) is 17.4 Å². The average molecular weight is 213 g/mol. The summed E-state index contributed by atoms with van der Waals surface area (Å²) in [6, 6.07) is 0.298. The smallest absolute Gasteiger partial charge is 0.230 e. The molecule has 0 aliphatic heterocycles. The van der Waals surface area contributed by atoms with Crippen molar-refractivity contribution in [1.29, 1.82) is 0 Å². The molecule has 3 unspecified atom stereocenters. The number of carbonyl (C=O) groups excluding carboxylic acids is 1. The van der Waals surface area contributed by atoms with Gasteiger partial charge >= 0.3 is 0 Å². The van der Waals surface area contributed by atoms with Crippen molar-refractivity contribution in [3.8, 4) is 0 Å². The van der Waals surface area contributed by atoms with Gasteiger partial charge in [-0.2, -0.15) is 0 Å². The summed E-state index contributed by atoms with van der Waals surface area (Å²) in [6.07, 6.45) is 3.36. The number of nitrogens with two attached hydrogens (primary N) is 1. The number of hydrogen-bond donors (Lipinski definition) is 3. The third-order valence-corrected chi connectivity index (χ3v) is 2.86. The van der Waals surface area contributed by atoms with Crippen molar-refractivity contribution in [1.82, 2.24) is 5.32 Å². The van der Waals surface area contributed by atoms with Gasteiger partial charge in [-0.1, -0.05) is 18.5 Å². The molecule has 1 rings (SSSR count). The molecule has 5 heteroatoms. The Balaban J connectivity index is 2.31. The van der Waals surface area contributed by atoms with Gasteiger partial charge in [0, 0.05) is 6.04 Å². The van der Waals surface area contributed by atoms with Crippen LogP contribution in [0.4, 0.5) is 0 Å². The molecule has 0 aromatic carbocycles. The molecule has 0 spiro atoms. The maximum absolute atomic E-state index is 11.6. The van der Waals surface area contributed by atoms with Crippen molar-refractivity contribution in [3.05, 3.63) is 0 Å². The zero-order valence-corrected chi connectivity index (χ0v) is 9.23. The molecule has 0 aromatic heterocycles. The van der Waals surface area contributed by atoms with Crippen LogP contribution in [0.15, 0.2) is 5.16 Å². The second-order valence-corrected chi connectivity index (χ2v) is 4.15. The molecule has 1 aliphatic carbocycles. The normalized spacial score (nSPS) is 27.2. The number of hydrogen-bond acceptors (Lipinski definition) is 3. The first-order chi connectivity index (χ1) is 7.10. The lowest BCUT2D eigenvalue weighted by molar-refractivity contribution is -0.122. The summed E-state index contributed by atoms with van der Waals surface area (Å²) >= 11 is 0. The Morgan fingerprint density at radius 3 is 2.93 bits per heavy atom. The zero-order chi connectivity index (χ0) is 11.4. The van der Waals surface area contributed by atoms with E-state index in [1.165, 1.54) is 0 Å². The lowest BCUT2D eigenvalue weighted by atomic mass is 10.1. The quantitative estimate of drug-likeness (QED) is 0.271. The second-order valence-electron chi connectivity index (χ2n) is 4.15. The Kier molecular flexibility index (Phi) is 3.94. The van der Waals surface area contributed by atoms with Gasteiger partial charge < -0.3 is 16.3 Å². The van der Waals surface area contributed by atoms with E-state index in [4.69, 9.17) is 10.9 Å². The van der Waals surface area contributed by atoms with Crippen LogP contribution in [0.25, 0.3) is 0 Å². The average Bonchev–Trinajstić information content (AvgIpc) is 2.94. The second kappa shape index (κ2) is 5.00. The minimum absolute atomic E-state index is 0.0415. The fourth-order valence-electron chi connectivity index (χ4n) is 1.64. The van der Waals surface area contributed by atoms with Gasteiger partial charge in [0.2, 0.25) is 5.91 Å². The number of carbonyl (C=O) groups is 1. The van der Waals surface area contributed by atoms with E-state index in [-0.39, 0.29) is 11.7 Å². The van der Waals surface area contributed by atoms with Crippen molar-refractivity contribution in [2.45, 2.75) is 39.2 Å². The van der Waals surface area contributed by atoms with Crippen LogP contribution in [0, 0.1) is 11.8 Å². The Hall–Kier alpha value is -1.26. The molecule has 5 nitrogen and oxygen atoms in total. The van der Waals surface area contributed by atoms with Crippen molar-refractivity contribution in [2.75, 3.05) is 0 Å². The van der Waals surface area contributed by atoms with Crippen molar-refractivity contribution in [3.63, 3.8) is 0 Å². The van der Waals surface area contributed by atoms with Crippen LogP contribution in [-0.4, -0.2) is 23.0 Å². The van der Waals surface area contributed by atoms with Crippen LogP contribution in [0.5, 0.6) is 0 Å². The highest BCUT2D eigenvalue weighted by molar-refractivity contribution is 6.01. The van der Waals surface area contributed by atoms with Crippen LogP contribution >= 0.6 is 0 Å². The van der Waals surface area contributed by atoms with Gasteiger partial charge in [0.25, 0.3) is 0 Å². The Morgan fingerprint density at radius 2 is 2.40 bits per heavy atom. The molecule has 0 saturated heterocycles. The van der Waals surface area contributed by atoms with Gasteiger partial charge in [-0.15, -0.1) is 0 Å². The van der Waals surface area contributed by atoms with Gasteiger partial charge in [0.15, 0.2) is 5.84 Å². The number of amidine groups is 1. The molecule has 0 radical (unpaired) electrons. The molecule has 1 amide bonds. The first-order valence-corrected chi connectivity index (χ1v) is 5.37. The summed E-state index contributed by atoms with van der Waals surface area (Å²) in [5.41, 5.74) is 5.35. The lowest BCUT2D eigenvalue weighted by Crippen LogP contribution is -2.38. The summed E-state index contributed by atoms with van der Waals surface area (Å²) < 4.78 is 0. The SMILES string of the molecule is CCCC1CC1NC(=O)C(C)C(N)=NO. The van der Waals surface area contributed by atoms with E-state index in [1.807, 2.05) is 0 Å². The fraction of sp³-hybridized carbons (Fsp3) is 0.800. The van der Waals surface area contributed by atoms with E-state index in [0.717, 1.165) is 19.3 Å². The number of rotatable bonds is 5. The number of nitrogens with one attached hydrogen (secondary N) is 1. The molecular weight excluding hydrogens is 194 g/mol. The molecule has 4 N–H and O–H groups in total.